The molecule has 2 amide bonds. The summed E-state index contributed by atoms with van der Waals surface area (Å²) in [6.45, 7) is 1.75. The second kappa shape index (κ2) is 10.8. The van der Waals surface area contributed by atoms with Crippen molar-refractivity contribution in [2.75, 3.05) is 5.32 Å². The molecule has 0 radical (unpaired) electrons. The van der Waals surface area contributed by atoms with Gasteiger partial charge < -0.3 is 15.2 Å². The molecule has 2 unspecified atom stereocenters. The van der Waals surface area contributed by atoms with E-state index in [0.29, 0.717) is 23.4 Å². The standard InChI is InChI=1S/C26H33N3O4/c1-17-22(16-33-29-17)24(30)15-21(18-7-5-3-2-4-6-8-18)26(32)27-20-11-9-19(10-12-20)23-13-14-25(31)28-23/h9-12,16,18,21,23H,2-8,13-15H2,1H3,(H,27,32)(H,28,31). The van der Waals surface area contributed by atoms with Gasteiger partial charge in [0.05, 0.1) is 17.3 Å². The zero-order valence-electron chi connectivity index (χ0n) is 19.3. The molecular weight excluding hydrogens is 418 g/mol. The summed E-state index contributed by atoms with van der Waals surface area (Å²) in [5.41, 5.74) is 2.76. The highest BCUT2D eigenvalue weighted by Gasteiger charge is 2.32. The van der Waals surface area contributed by atoms with Gasteiger partial charge in [-0.3, -0.25) is 14.4 Å². The van der Waals surface area contributed by atoms with Crippen LogP contribution in [0.4, 0.5) is 5.69 Å². The zero-order valence-corrected chi connectivity index (χ0v) is 19.3. The highest BCUT2D eigenvalue weighted by atomic mass is 16.5. The van der Waals surface area contributed by atoms with E-state index >= 15 is 0 Å². The van der Waals surface area contributed by atoms with Crippen LogP contribution in [0.1, 0.15) is 91.9 Å². The fraction of sp³-hybridized carbons (Fsp3) is 0.538. The first-order chi connectivity index (χ1) is 16.0. The second-order valence-electron chi connectivity index (χ2n) is 9.42. The van der Waals surface area contributed by atoms with Gasteiger partial charge in [0.25, 0.3) is 0 Å². The predicted octanol–water partition coefficient (Wildman–Crippen LogP) is 5.12. The quantitative estimate of drug-likeness (QED) is 0.569. The van der Waals surface area contributed by atoms with Crippen LogP contribution in [-0.4, -0.2) is 22.8 Å². The molecule has 2 heterocycles. The van der Waals surface area contributed by atoms with Crippen molar-refractivity contribution in [2.45, 2.75) is 77.2 Å². The first-order valence-electron chi connectivity index (χ1n) is 12.2. The molecule has 176 valence electrons. The summed E-state index contributed by atoms with van der Waals surface area (Å²) in [5, 5.41) is 9.84. The molecule has 1 aromatic heterocycles. The monoisotopic (exact) mass is 451 g/mol. The van der Waals surface area contributed by atoms with E-state index in [0.717, 1.165) is 37.7 Å². The molecule has 33 heavy (non-hydrogen) atoms. The number of aromatic nitrogens is 1. The molecule has 1 aliphatic heterocycles. The summed E-state index contributed by atoms with van der Waals surface area (Å²) in [7, 11) is 0. The molecular formula is C26H33N3O4. The van der Waals surface area contributed by atoms with Gasteiger partial charge in [0.2, 0.25) is 11.8 Å². The number of rotatable bonds is 7. The lowest BCUT2D eigenvalue weighted by Gasteiger charge is -2.27. The number of nitrogens with one attached hydrogen (secondary N) is 2. The Bertz CT molecular complexity index is 974. The number of Topliss-reactive ketones (excluding diaryl/α,β-unsaturated/α-hetero) is 1. The van der Waals surface area contributed by atoms with Crippen LogP contribution in [-0.2, 0) is 9.59 Å². The number of aryl methyl sites for hydroxylation is 1. The minimum atomic E-state index is -0.390. The van der Waals surface area contributed by atoms with Gasteiger partial charge in [-0.1, -0.05) is 49.4 Å². The first-order valence-corrected chi connectivity index (χ1v) is 12.2. The number of amides is 2. The summed E-state index contributed by atoms with van der Waals surface area (Å²) in [6.07, 6.45) is 10.6. The number of hydrogen-bond acceptors (Lipinski definition) is 5. The van der Waals surface area contributed by atoms with E-state index in [2.05, 4.69) is 15.8 Å². The summed E-state index contributed by atoms with van der Waals surface area (Å²) in [4.78, 5) is 37.9. The van der Waals surface area contributed by atoms with Crippen LogP contribution < -0.4 is 10.6 Å². The van der Waals surface area contributed by atoms with Gasteiger partial charge in [-0.15, -0.1) is 0 Å². The van der Waals surface area contributed by atoms with Crippen LogP contribution >= 0.6 is 0 Å². The van der Waals surface area contributed by atoms with Gasteiger partial charge >= 0.3 is 0 Å². The van der Waals surface area contributed by atoms with E-state index in [4.69, 9.17) is 4.52 Å². The Labute approximate surface area is 194 Å². The van der Waals surface area contributed by atoms with E-state index in [9.17, 15) is 14.4 Å². The molecule has 2 aliphatic rings. The molecule has 7 nitrogen and oxygen atoms in total. The van der Waals surface area contributed by atoms with Gasteiger partial charge in [0.15, 0.2) is 5.78 Å². The lowest BCUT2D eigenvalue weighted by molar-refractivity contribution is -0.122. The highest BCUT2D eigenvalue weighted by Crippen LogP contribution is 2.33. The van der Waals surface area contributed by atoms with Gasteiger partial charge in [-0.25, -0.2) is 0 Å². The molecule has 0 bridgehead atoms. The van der Waals surface area contributed by atoms with Gasteiger partial charge in [-0.05, 0) is 49.8 Å². The molecule has 1 aliphatic carbocycles. The molecule has 2 atom stereocenters. The van der Waals surface area contributed by atoms with Gasteiger partial charge in [0.1, 0.15) is 6.26 Å². The number of nitrogens with zero attached hydrogens (tertiary/aromatic N) is 1. The normalized spacial score (nSPS) is 20.5. The number of ketones is 1. The van der Waals surface area contributed by atoms with E-state index in [1.807, 2.05) is 24.3 Å². The van der Waals surface area contributed by atoms with E-state index < -0.39 is 5.92 Å². The van der Waals surface area contributed by atoms with Crippen LogP contribution in [0, 0.1) is 18.8 Å². The Morgan fingerprint density at radius 3 is 2.39 bits per heavy atom. The Hall–Kier alpha value is -2.96. The van der Waals surface area contributed by atoms with Crippen molar-refractivity contribution in [3.05, 3.63) is 47.3 Å². The maximum Gasteiger partial charge on any atom is 0.228 e. The Kier molecular flexibility index (Phi) is 7.57. The Morgan fingerprint density at radius 2 is 1.79 bits per heavy atom. The maximum absolute atomic E-state index is 13.4. The lowest BCUT2D eigenvalue weighted by Crippen LogP contribution is -2.32. The van der Waals surface area contributed by atoms with Crippen molar-refractivity contribution in [3.8, 4) is 0 Å². The summed E-state index contributed by atoms with van der Waals surface area (Å²) < 4.78 is 4.95. The number of anilines is 1. The van der Waals surface area contributed by atoms with Gasteiger partial charge in [0, 0.05) is 24.4 Å². The third-order valence-electron chi connectivity index (χ3n) is 7.09. The van der Waals surface area contributed by atoms with Crippen LogP contribution in [0.15, 0.2) is 35.1 Å². The average Bonchev–Trinajstić information content (AvgIpc) is 3.41. The Balaban J connectivity index is 1.47. The van der Waals surface area contributed by atoms with Crippen LogP contribution in [0.5, 0.6) is 0 Å². The average molecular weight is 452 g/mol. The van der Waals surface area contributed by atoms with E-state index in [1.54, 1.807) is 6.92 Å². The largest absolute Gasteiger partial charge is 0.364 e. The Morgan fingerprint density at radius 1 is 1.09 bits per heavy atom. The van der Waals surface area contributed by atoms with Crippen molar-refractivity contribution in [1.82, 2.24) is 10.5 Å². The van der Waals surface area contributed by atoms with Crippen molar-refractivity contribution in [1.29, 1.82) is 0 Å². The molecule has 1 saturated carbocycles. The maximum atomic E-state index is 13.4. The molecule has 0 spiro atoms. The molecule has 2 fully saturated rings. The van der Waals surface area contributed by atoms with Crippen molar-refractivity contribution in [2.24, 2.45) is 11.8 Å². The molecule has 2 aromatic rings. The van der Waals surface area contributed by atoms with Crippen LogP contribution in [0.25, 0.3) is 0 Å². The van der Waals surface area contributed by atoms with Gasteiger partial charge in [-0.2, -0.15) is 0 Å². The smallest absolute Gasteiger partial charge is 0.228 e. The topological polar surface area (TPSA) is 101 Å². The lowest BCUT2D eigenvalue weighted by atomic mass is 9.78. The molecule has 2 N–H and O–H groups in total. The van der Waals surface area contributed by atoms with Crippen LogP contribution in [0.2, 0.25) is 0 Å². The second-order valence-corrected chi connectivity index (χ2v) is 9.42. The minimum absolute atomic E-state index is 0.0364. The molecule has 1 saturated heterocycles. The van der Waals surface area contributed by atoms with Crippen molar-refractivity contribution < 1.29 is 18.9 Å². The third-order valence-corrected chi connectivity index (χ3v) is 7.09. The van der Waals surface area contributed by atoms with E-state index in [1.165, 1.54) is 25.5 Å². The van der Waals surface area contributed by atoms with E-state index in [-0.39, 0.29) is 36.0 Å². The molecule has 1 aromatic carbocycles. The SMILES string of the molecule is Cc1nocc1C(=O)CC(C(=O)Nc1ccc(C2CCC(=O)N2)cc1)C1CCCCCCC1. The minimum Gasteiger partial charge on any atom is -0.364 e. The number of carbonyl (C=O) groups excluding carboxylic acids is 3. The first kappa shape index (κ1) is 23.2. The van der Waals surface area contributed by atoms with Crippen molar-refractivity contribution in [3.63, 3.8) is 0 Å². The van der Waals surface area contributed by atoms with Crippen molar-refractivity contribution >= 4 is 23.3 Å². The molecule has 4 rings (SSSR count). The summed E-state index contributed by atoms with van der Waals surface area (Å²) in [6, 6.07) is 7.68. The fourth-order valence-electron chi connectivity index (χ4n) is 5.13. The number of benzene rings is 1. The highest BCUT2D eigenvalue weighted by molar-refractivity contribution is 6.01. The zero-order chi connectivity index (χ0) is 23.2. The number of carbonyl (C=O) groups is 3. The molecule has 7 heteroatoms. The third kappa shape index (κ3) is 5.89. The fourth-order valence-corrected chi connectivity index (χ4v) is 5.13. The summed E-state index contributed by atoms with van der Waals surface area (Å²) >= 11 is 0. The van der Waals surface area contributed by atoms with Crippen LogP contribution in [0.3, 0.4) is 0 Å². The predicted molar refractivity (Wildman–Crippen MR) is 125 cm³/mol. The number of hydrogen-bond donors (Lipinski definition) is 2. The summed E-state index contributed by atoms with van der Waals surface area (Å²) in [5.74, 6) is -0.332.